The van der Waals surface area contributed by atoms with Crippen molar-refractivity contribution in [3.05, 3.63) is 88.7 Å². The van der Waals surface area contributed by atoms with Gasteiger partial charge >= 0.3 is 0 Å². The van der Waals surface area contributed by atoms with Gasteiger partial charge in [-0.05, 0) is 61.0 Å². The molecule has 3 aromatic rings. The molecule has 1 aromatic heterocycles. The van der Waals surface area contributed by atoms with Crippen molar-refractivity contribution in [1.29, 1.82) is 0 Å². The summed E-state index contributed by atoms with van der Waals surface area (Å²) in [7, 11) is -3.74. The van der Waals surface area contributed by atoms with Gasteiger partial charge in [-0.3, -0.25) is 14.5 Å². The summed E-state index contributed by atoms with van der Waals surface area (Å²) in [5.74, 6) is -0.276. The number of hydrogen-bond donors (Lipinski definition) is 2. The smallest absolute Gasteiger partial charge is 0.261 e. The zero-order valence-electron chi connectivity index (χ0n) is 15.0. The maximum atomic E-state index is 12.5. The molecule has 0 saturated heterocycles. The van der Waals surface area contributed by atoms with Crippen LogP contribution in [0.2, 0.25) is 0 Å². The van der Waals surface area contributed by atoms with Crippen molar-refractivity contribution in [3.63, 3.8) is 0 Å². The lowest BCUT2D eigenvalue weighted by molar-refractivity contribution is 0.0940. The summed E-state index contributed by atoms with van der Waals surface area (Å²) >= 11 is 3.38. The van der Waals surface area contributed by atoms with Gasteiger partial charge in [0, 0.05) is 22.4 Å². The van der Waals surface area contributed by atoms with Crippen LogP contribution >= 0.6 is 15.9 Å². The lowest BCUT2D eigenvalue weighted by Gasteiger charge is -2.15. The Morgan fingerprint density at radius 1 is 0.964 bits per heavy atom. The fourth-order valence-electron chi connectivity index (χ4n) is 2.53. The third kappa shape index (κ3) is 4.96. The predicted molar refractivity (Wildman–Crippen MR) is 112 cm³/mol. The van der Waals surface area contributed by atoms with E-state index in [0.717, 1.165) is 10.0 Å². The molecule has 6 nitrogen and oxygen atoms in total. The summed E-state index contributed by atoms with van der Waals surface area (Å²) in [6.07, 6.45) is 3.00. The van der Waals surface area contributed by atoms with Gasteiger partial charge in [-0.2, -0.15) is 0 Å². The number of amides is 1. The second-order valence-corrected chi connectivity index (χ2v) is 8.71. The van der Waals surface area contributed by atoms with Crippen LogP contribution in [0.1, 0.15) is 28.9 Å². The number of hydrogen-bond acceptors (Lipinski definition) is 4. The standard InChI is InChI=1S/C20H18BrN3O3S/c1-14(15-2-6-17(21)7-3-15)23-20(25)16-4-8-19(9-5-16)28(26,27)24-18-10-12-22-13-11-18/h2-14H,1H3,(H,22,24)(H,23,25). The van der Waals surface area contributed by atoms with Gasteiger partial charge in [0.25, 0.3) is 15.9 Å². The number of pyridine rings is 1. The van der Waals surface area contributed by atoms with Crippen molar-refractivity contribution >= 4 is 37.5 Å². The first kappa shape index (κ1) is 20.0. The monoisotopic (exact) mass is 459 g/mol. The number of halogens is 1. The molecule has 2 N–H and O–H groups in total. The minimum Gasteiger partial charge on any atom is -0.346 e. The van der Waals surface area contributed by atoms with E-state index in [0.29, 0.717) is 11.3 Å². The molecule has 28 heavy (non-hydrogen) atoms. The van der Waals surface area contributed by atoms with E-state index in [1.54, 1.807) is 12.1 Å². The van der Waals surface area contributed by atoms with Crippen molar-refractivity contribution in [3.8, 4) is 0 Å². The molecule has 3 rings (SSSR count). The summed E-state index contributed by atoms with van der Waals surface area (Å²) in [6, 6.07) is 16.4. The summed E-state index contributed by atoms with van der Waals surface area (Å²) in [4.78, 5) is 16.4. The van der Waals surface area contributed by atoms with Gasteiger partial charge in [-0.1, -0.05) is 28.1 Å². The lowest BCUT2D eigenvalue weighted by atomic mass is 10.1. The van der Waals surface area contributed by atoms with Crippen LogP contribution in [0.3, 0.4) is 0 Å². The summed E-state index contributed by atoms with van der Waals surface area (Å²) in [5.41, 5.74) is 1.77. The zero-order chi connectivity index (χ0) is 20.1. The highest BCUT2D eigenvalue weighted by molar-refractivity contribution is 9.10. The van der Waals surface area contributed by atoms with Crippen LogP contribution in [0, 0.1) is 0 Å². The van der Waals surface area contributed by atoms with Crippen LogP contribution < -0.4 is 10.0 Å². The summed E-state index contributed by atoms with van der Waals surface area (Å²) in [6.45, 7) is 1.89. The summed E-state index contributed by atoms with van der Waals surface area (Å²) < 4.78 is 28.3. The van der Waals surface area contributed by atoms with E-state index in [2.05, 4.69) is 31.0 Å². The average molecular weight is 460 g/mol. The van der Waals surface area contributed by atoms with Crippen LogP contribution in [-0.2, 0) is 10.0 Å². The molecule has 1 atom stereocenters. The second-order valence-electron chi connectivity index (χ2n) is 6.11. The van der Waals surface area contributed by atoms with Crippen molar-refractivity contribution < 1.29 is 13.2 Å². The molecule has 0 radical (unpaired) electrons. The van der Waals surface area contributed by atoms with Crippen LogP contribution in [0.25, 0.3) is 0 Å². The number of sulfonamides is 1. The van der Waals surface area contributed by atoms with Crippen molar-refractivity contribution in [2.75, 3.05) is 4.72 Å². The Morgan fingerprint density at radius 3 is 2.18 bits per heavy atom. The first-order valence-corrected chi connectivity index (χ1v) is 10.7. The molecule has 0 saturated carbocycles. The molecule has 1 heterocycles. The predicted octanol–water partition coefficient (Wildman–Crippen LogP) is 4.14. The number of benzene rings is 2. The maximum Gasteiger partial charge on any atom is 0.261 e. The molecule has 0 aliphatic carbocycles. The number of nitrogens with zero attached hydrogens (tertiary/aromatic N) is 1. The van der Waals surface area contributed by atoms with Crippen LogP contribution in [0.4, 0.5) is 5.69 Å². The quantitative estimate of drug-likeness (QED) is 0.579. The van der Waals surface area contributed by atoms with Gasteiger partial charge in [0.05, 0.1) is 16.6 Å². The molecule has 144 valence electrons. The first-order valence-electron chi connectivity index (χ1n) is 8.44. The van der Waals surface area contributed by atoms with Gasteiger partial charge in [-0.25, -0.2) is 8.42 Å². The Bertz CT molecular complexity index is 1050. The first-order chi connectivity index (χ1) is 13.3. The van der Waals surface area contributed by atoms with Crippen molar-refractivity contribution in [1.82, 2.24) is 10.3 Å². The Labute approximate surface area is 172 Å². The molecule has 0 aliphatic rings. The molecule has 2 aromatic carbocycles. The van der Waals surface area contributed by atoms with E-state index < -0.39 is 10.0 Å². The SMILES string of the molecule is CC(NC(=O)c1ccc(S(=O)(=O)Nc2ccncc2)cc1)c1ccc(Br)cc1. The van der Waals surface area contributed by atoms with E-state index in [4.69, 9.17) is 0 Å². The van der Waals surface area contributed by atoms with Crippen LogP contribution in [-0.4, -0.2) is 19.3 Å². The molecule has 0 bridgehead atoms. The molecular weight excluding hydrogens is 442 g/mol. The number of rotatable bonds is 6. The van der Waals surface area contributed by atoms with Gasteiger partial charge in [0.1, 0.15) is 0 Å². The van der Waals surface area contributed by atoms with Crippen molar-refractivity contribution in [2.24, 2.45) is 0 Å². The number of anilines is 1. The Hall–Kier alpha value is -2.71. The highest BCUT2D eigenvalue weighted by Gasteiger charge is 2.16. The average Bonchev–Trinajstić information content (AvgIpc) is 2.69. The molecule has 1 amide bonds. The number of aromatic nitrogens is 1. The zero-order valence-corrected chi connectivity index (χ0v) is 17.4. The molecule has 1 unspecified atom stereocenters. The van der Waals surface area contributed by atoms with E-state index in [1.807, 2.05) is 31.2 Å². The Morgan fingerprint density at radius 2 is 1.57 bits per heavy atom. The second kappa shape index (κ2) is 8.53. The normalized spacial score (nSPS) is 12.2. The fraction of sp³-hybridized carbons (Fsp3) is 0.100. The van der Waals surface area contributed by atoms with Crippen molar-refractivity contribution in [2.45, 2.75) is 17.9 Å². The minimum absolute atomic E-state index is 0.0711. The molecular formula is C20H18BrN3O3S. The third-order valence-corrected chi connectivity index (χ3v) is 6.00. The molecule has 0 fully saturated rings. The topological polar surface area (TPSA) is 88.2 Å². The highest BCUT2D eigenvalue weighted by Crippen LogP contribution is 2.18. The Balaban J connectivity index is 1.69. The van der Waals surface area contributed by atoms with E-state index in [9.17, 15) is 13.2 Å². The van der Waals surface area contributed by atoms with Crippen LogP contribution in [0.15, 0.2) is 82.4 Å². The molecule has 8 heteroatoms. The molecule has 0 aliphatic heterocycles. The highest BCUT2D eigenvalue weighted by atomic mass is 79.9. The third-order valence-electron chi connectivity index (χ3n) is 4.08. The largest absolute Gasteiger partial charge is 0.346 e. The number of carbonyl (C=O) groups excluding carboxylic acids is 1. The minimum atomic E-state index is -3.74. The lowest BCUT2D eigenvalue weighted by Crippen LogP contribution is -2.26. The van der Waals surface area contributed by atoms with Gasteiger partial charge in [0.2, 0.25) is 0 Å². The maximum absolute atomic E-state index is 12.5. The van der Waals surface area contributed by atoms with E-state index >= 15 is 0 Å². The molecule has 0 spiro atoms. The summed E-state index contributed by atoms with van der Waals surface area (Å²) in [5, 5.41) is 2.90. The van der Waals surface area contributed by atoms with E-state index in [1.165, 1.54) is 36.7 Å². The van der Waals surface area contributed by atoms with Gasteiger partial charge in [0.15, 0.2) is 0 Å². The fourth-order valence-corrected chi connectivity index (χ4v) is 3.86. The van der Waals surface area contributed by atoms with Crippen LogP contribution in [0.5, 0.6) is 0 Å². The van der Waals surface area contributed by atoms with Gasteiger partial charge in [-0.15, -0.1) is 0 Å². The number of carbonyl (C=O) groups is 1. The number of nitrogens with one attached hydrogen (secondary N) is 2. The van der Waals surface area contributed by atoms with Gasteiger partial charge < -0.3 is 5.32 Å². The Kier molecular flexibility index (Phi) is 6.11. The van der Waals surface area contributed by atoms with E-state index in [-0.39, 0.29) is 16.8 Å².